The lowest BCUT2D eigenvalue weighted by Crippen LogP contribution is -2.29. The fourth-order valence-electron chi connectivity index (χ4n) is 1.82. The maximum Gasteiger partial charge on any atom is 0.311 e. The number of carbonyl (C=O) groups excluding carboxylic acids is 1. The van der Waals surface area contributed by atoms with E-state index in [2.05, 4.69) is 0 Å². The second-order valence-electron chi connectivity index (χ2n) is 3.99. The molecule has 0 spiro atoms. The lowest BCUT2D eigenvalue weighted by atomic mass is 10.1. The average molecular weight is 268 g/mol. The Morgan fingerprint density at radius 3 is 2.89 bits per heavy atom. The van der Waals surface area contributed by atoms with E-state index in [-0.39, 0.29) is 17.3 Å². The summed E-state index contributed by atoms with van der Waals surface area (Å²) in [4.78, 5) is 23.9. The van der Waals surface area contributed by atoms with E-state index < -0.39 is 4.92 Å². The molecule has 18 heavy (non-hydrogen) atoms. The summed E-state index contributed by atoms with van der Waals surface area (Å²) in [6.07, 6.45) is 0. The van der Waals surface area contributed by atoms with E-state index in [9.17, 15) is 20.0 Å². The van der Waals surface area contributed by atoms with Crippen molar-refractivity contribution in [1.29, 1.82) is 0 Å². The van der Waals surface area contributed by atoms with Crippen LogP contribution in [0.4, 0.5) is 5.69 Å². The molecule has 1 amide bonds. The Balaban J connectivity index is 2.41. The van der Waals surface area contributed by atoms with Crippen LogP contribution in [0.3, 0.4) is 0 Å². The van der Waals surface area contributed by atoms with E-state index in [0.717, 1.165) is 10.5 Å². The van der Waals surface area contributed by atoms with Gasteiger partial charge in [-0.25, -0.2) is 0 Å². The molecule has 1 aromatic rings. The third-order valence-corrected chi connectivity index (χ3v) is 3.86. The quantitative estimate of drug-likeness (QED) is 0.619. The van der Waals surface area contributed by atoms with Crippen molar-refractivity contribution in [3.05, 3.63) is 27.8 Å². The summed E-state index contributed by atoms with van der Waals surface area (Å²) in [5.41, 5.74) is 0.452. The molecule has 1 aromatic carbocycles. The summed E-state index contributed by atoms with van der Waals surface area (Å²) >= 11 is 1.46. The molecular weight excluding hydrogens is 256 g/mol. The van der Waals surface area contributed by atoms with Crippen LogP contribution in [0.5, 0.6) is 5.75 Å². The molecule has 0 fully saturated rings. The SMILES string of the molecule is CC(=O)N1CCSc2cc([N+](=O)[O-])c(O)cc2C1. The van der Waals surface area contributed by atoms with Crippen molar-refractivity contribution in [1.82, 2.24) is 4.90 Å². The minimum atomic E-state index is -0.607. The Kier molecular flexibility index (Phi) is 3.42. The van der Waals surface area contributed by atoms with Gasteiger partial charge in [-0.1, -0.05) is 0 Å². The highest BCUT2D eigenvalue weighted by Gasteiger charge is 2.22. The van der Waals surface area contributed by atoms with Crippen LogP contribution in [0, 0.1) is 10.1 Å². The molecule has 1 N–H and O–H groups in total. The molecule has 0 saturated carbocycles. The van der Waals surface area contributed by atoms with Crippen molar-refractivity contribution in [3.8, 4) is 5.75 Å². The molecule has 0 bridgehead atoms. The summed E-state index contributed by atoms with van der Waals surface area (Å²) in [5.74, 6) is 0.292. The first-order valence-corrected chi connectivity index (χ1v) is 6.36. The van der Waals surface area contributed by atoms with Gasteiger partial charge >= 0.3 is 5.69 Å². The summed E-state index contributed by atoms with van der Waals surface area (Å²) in [6.45, 7) is 2.47. The third kappa shape index (κ3) is 2.40. The van der Waals surface area contributed by atoms with Gasteiger partial charge in [0.05, 0.1) is 4.92 Å². The van der Waals surface area contributed by atoms with Crippen LogP contribution >= 0.6 is 11.8 Å². The van der Waals surface area contributed by atoms with Crippen LogP contribution in [-0.4, -0.2) is 33.1 Å². The number of benzene rings is 1. The van der Waals surface area contributed by atoms with Gasteiger partial charge in [-0.15, -0.1) is 11.8 Å². The number of thioether (sulfide) groups is 1. The number of hydrogen-bond donors (Lipinski definition) is 1. The van der Waals surface area contributed by atoms with Crippen LogP contribution in [0.25, 0.3) is 0 Å². The predicted molar refractivity (Wildman–Crippen MR) is 66.6 cm³/mol. The normalized spacial score (nSPS) is 14.8. The van der Waals surface area contributed by atoms with Crippen LogP contribution in [0.15, 0.2) is 17.0 Å². The van der Waals surface area contributed by atoms with Crippen LogP contribution in [0.1, 0.15) is 12.5 Å². The summed E-state index contributed by atoms with van der Waals surface area (Å²) in [5, 5.41) is 20.3. The van der Waals surface area contributed by atoms with Gasteiger partial charge in [0.1, 0.15) is 0 Å². The highest BCUT2D eigenvalue weighted by Crippen LogP contribution is 2.36. The molecule has 0 aliphatic carbocycles. The second-order valence-corrected chi connectivity index (χ2v) is 5.13. The number of nitrogens with zero attached hydrogens (tertiary/aromatic N) is 2. The Morgan fingerprint density at radius 2 is 2.28 bits per heavy atom. The fourth-order valence-corrected chi connectivity index (χ4v) is 2.86. The van der Waals surface area contributed by atoms with E-state index in [1.165, 1.54) is 30.8 Å². The summed E-state index contributed by atoms with van der Waals surface area (Å²) < 4.78 is 0. The average Bonchev–Trinajstić information content (AvgIpc) is 2.49. The van der Waals surface area contributed by atoms with E-state index in [1.807, 2.05) is 0 Å². The topological polar surface area (TPSA) is 83.7 Å². The number of hydrogen-bond acceptors (Lipinski definition) is 5. The lowest BCUT2D eigenvalue weighted by molar-refractivity contribution is -0.386. The molecule has 0 saturated heterocycles. The summed E-state index contributed by atoms with van der Waals surface area (Å²) in [6, 6.07) is 2.75. The van der Waals surface area contributed by atoms with Crippen LogP contribution < -0.4 is 0 Å². The Bertz CT molecular complexity index is 518. The minimum Gasteiger partial charge on any atom is -0.502 e. The van der Waals surface area contributed by atoms with Gasteiger partial charge in [0.25, 0.3) is 0 Å². The van der Waals surface area contributed by atoms with Crippen molar-refractivity contribution in [2.75, 3.05) is 12.3 Å². The van der Waals surface area contributed by atoms with Gasteiger partial charge in [-0.3, -0.25) is 14.9 Å². The molecule has 1 aliphatic rings. The fraction of sp³-hybridized carbons (Fsp3) is 0.364. The molecule has 2 rings (SSSR count). The number of phenols is 1. The number of nitro benzene ring substituents is 1. The number of amides is 1. The number of nitro groups is 1. The maximum atomic E-state index is 11.4. The Morgan fingerprint density at radius 1 is 1.56 bits per heavy atom. The number of aromatic hydroxyl groups is 1. The van der Waals surface area contributed by atoms with Gasteiger partial charge in [0, 0.05) is 36.7 Å². The van der Waals surface area contributed by atoms with Gasteiger partial charge in [0.2, 0.25) is 5.91 Å². The van der Waals surface area contributed by atoms with Gasteiger partial charge < -0.3 is 10.0 Å². The molecule has 6 nitrogen and oxygen atoms in total. The summed E-state index contributed by atoms with van der Waals surface area (Å²) in [7, 11) is 0. The highest BCUT2D eigenvalue weighted by atomic mass is 32.2. The Hall–Kier alpha value is -1.76. The maximum absolute atomic E-state index is 11.4. The van der Waals surface area contributed by atoms with Crippen molar-refractivity contribution in [3.63, 3.8) is 0 Å². The zero-order valence-corrected chi connectivity index (χ0v) is 10.6. The molecule has 1 heterocycles. The molecule has 0 aromatic heterocycles. The first-order valence-electron chi connectivity index (χ1n) is 5.37. The first kappa shape index (κ1) is 12.7. The van der Waals surface area contributed by atoms with Crippen LogP contribution in [0.2, 0.25) is 0 Å². The second kappa shape index (κ2) is 4.85. The largest absolute Gasteiger partial charge is 0.502 e. The monoisotopic (exact) mass is 268 g/mol. The predicted octanol–water partition coefficient (Wildman–Crippen LogP) is 1.75. The molecule has 0 unspecified atom stereocenters. The number of carbonyl (C=O) groups is 1. The number of fused-ring (bicyclic) bond motifs is 1. The standard InChI is InChI=1S/C11H12N2O4S/c1-7(14)12-2-3-18-11-5-9(13(16)17)10(15)4-8(11)6-12/h4-5,15H,2-3,6H2,1H3. The van der Waals surface area contributed by atoms with E-state index in [4.69, 9.17) is 0 Å². The molecule has 96 valence electrons. The molecule has 0 atom stereocenters. The van der Waals surface area contributed by atoms with Gasteiger partial charge in [0.15, 0.2) is 5.75 Å². The molecular formula is C11H12N2O4S. The lowest BCUT2D eigenvalue weighted by Gasteiger charge is -2.18. The number of rotatable bonds is 1. The van der Waals surface area contributed by atoms with Crippen molar-refractivity contribution in [2.45, 2.75) is 18.4 Å². The van der Waals surface area contributed by atoms with Crippen molar-refractivity contribution in [2.24, 2.45) is 0 Å². The van der Waals surface area contributed by atoms with Gasteiger partial charge in [-0.05, 0) is 11.6 Å². The zero-order valence-electron chi connectivity index (χ0n) is 9.75. The highest BCUT2D eigenvalue weighted by molar-refractivity contribution is 7.99. The molecule has 1 aliphatic heterocycles. The van der Waals surface area contributed by atoms with Crippen molar-refractivity contribution < 1.29 is 14.8 Å². The smallest absolute Gasteiger partial charge is 0.311 e. The van der Waals surface area contributed by atoms with E-state index in [1.54, 1.807) is 4.90 Å². The first-order chi connectivity index (χ1) is 8.49. The zero-order chi connectivity index (χ0) is 13.3. The minimum absolute atomic E-state index is 0.0405. The Labute approximate surface area is 108 Å². The molecule has 7 heteroatoms. The van der Waals surface area contributed by atoms with E-state index >= 15 is 0 Å². The van der Waals surface area contributed by atoms with E-state index in [0.29, 0.717) is 18.8 Å². The molecule has 0 radical (unpaired) electrons. The van der Waals surface area contributed by atoms with Crippen LogP contribution in [-0.2, 0) is 11.3 Å². The van der Waals surface area contributed by atoms with Gasteiger partial charge in [-0.2, -0.15) is 0 Å². The third-order valence-electron chi connectivity index (χ3n) is 2.78. The number of phenolic OH excluding ortho intramolecular Hbond substituents is 1. The van der Waals surface area contributed by atoms with Crippen molar-refractivity contribution >= 4 is 23.4 Å².